The van der Waals surface area contributed by atoms with E-state index in [1.54, 1.807) is 0 Å². The van der Waals surface area contributed by atoms with Crippen LogP contribution in [0.15, 0.2) is 91.0 Å². The van der Waals surface area contributed by atoms with Crippen LogP contribution in [0.4, 0.5) is 0 Å². The molecule has 33 heavy (non-hydrogen) atoms. The molecule has 0 amide bonds. The van der Waals surface area contributed by atoms with Crippen LogP contribution >= 0.6 is 0 Å². The van der Waals surface area contributed by atoms with Crippen LogP contribution in [0.1, 0.15) is 69.1 Å². The van der Waals surface area contributed by atoms with Gasteiger partial charge in [0.05, 0.1) is 0 Å². The molecule has 3 aromatic carbocycles. The summed E-state index contributed by atoms with van der Waals surface area (Å²) in [5.74, 6) is 1.47. The number of benzene rings is 3. The van der Waals surface area contributed by atoms with Gasteiger partial charge in [-0.25, -0.2) is 0 Å². The second-order valence-corrected chi connectivity index (χ2v) is 10.9. The first-order valence-electron chi connectivity index (χ1n) is 12.3. The molecule has 0 N–H and O–H groups in total. The summed E-state index contributed by atoms with van der Waals surface area (Å²) in [5, 5.41) is 0. The Bertz CT molecular complexity index is 973. The Morgan fingerprint density at radius 1 is 0.848 bits per heavy atom. The third-order valence-corrected chi connectivity index (χ3v) is 7.97. The average Bonchev–Trinajstić information content (AvgIpc) is 2.84. The molecule has 1 aliphatic carbocycles. The summed E-state index contributed by atoms with van der Waals surface area (Å²) in [4.78, 5) is 0. The Morgan fingerprint density at radius 3 is 1.91 bits per heavy atom. The summed E-state index contributed by atoms with van der Waals surface area (Å²) in [7, 11) is 0. The molecule has 0 saturated heterocycles. The SMILES string of the molecule is C[C@@H]1CC[C@@H](C(C)(C)c2ccccc2)[C@H](O[C](=[Cr])CC(c2ccccc2)c2ccccc2)C1. The first-order chi connectivity index (χ1) is 15.9. The van der Waals surface area contributed by atoms with E-state index in [1.165, 1.54) is 29.5 Å². The molecule has 1 fully saturated rings. The van der Waals surface area contributed by atoms with Crippen LogP contribution in [-0.4, -0.2) is 10.7 Å². The molecular weight excluding hydrogens is 440 g/mol. The predicted molar refractivity (Wildman–Crippen MR) is 135 cm³/mol. The fourth-order valence-corrected chi connectivity index (χ4v) is 6.00. The van der Waals surface area contributed by atoms with Gasteiger partial charge in [-0.05, 0) is 0 Å². The monoisotopic (exact) mass is 476 g/mol. The van der Waals surface area contributed by atoms with Crippen molar-refractivity contribution in [3.8, 4) is 0 Å². The minimum absolute atomic E-state index is 0.0740. The summed E-state index contributed by atoms with van der Waals surface area (Å²) in [6.45, 7) is 7.17. The van der Waals surface area contributed by atoms with Crippen LogP contribution < -0.4 is 0 Å². The van der Waals surface area contributed by atoms with Gasteiger partial charge in [0.25, 0.3) is 0 Å². The maximum atomic E-state index is 6.82. The maximum absolute atomic E-state index is 6.82. The zero-order chi connectivity index (χ0) is 23.3. The van der Waals surface area contributed by atoms with E-state index in [-0.39, 0.29) is 17.4 Å². The summed E-state index contributed by atoms with van der Waals surface area (Å²) in [5.41, 5.74) is 4.15. The predicted octanol–water partition coefficient (Wildman–Crippen LogP) is 7.68. The standard InChI is InChI=1S/C31H36O.Cr/c1-24-19-20-29(31(2,3)27-17-11-6-12-18-27)30(23-24)32-22-21-28(25-13-7-4-8-14-25)26-15-9-5-10-16-26;/h4-18,24,28-30H,19-21,23H2,1-3H3;/t24-,29-,30-;/m1./s1. The van der Waals surface area contributed by atoms with Crippen molar-refractivity contribution in [3.05, 3.63) is 108 Å². The van der Waals surface area contributed by atoms with E-state index >= 15 is 0 Å². The average molecular weight is 477 g/mol. The Kier molecular flexibility index (Phi) is 8.03. The van der Waals surface area contributed by atoms with Gasteiger partial charge in [0, 0.05) is 0 Å². The Morgan fingerprint density at radius 2 is 1.36 bits per heavy atom. The van der Waals surface area contributed by atoms with Crippen molar-refractivity contribution in [2.24, 2.45) is 11.8 Å². The van der Waals surface area contributed by atoms with E-state index in [2.05, 4.69) is 128 Å². The summed E-state index contributed by atoms with van der Waals surface area (Å²) in [6.07, 6.45) is 4.69. The van der Waals surface area contributed by atoms with Gasteiger partial charge in [0.2, 0.25) is 0 Å². The van der Waals surface area contributed by atoms with Crippen molar-refractivity contribution in [1.82, 2.24) is 0 Å². The first kappa shape index (κ1) is 24.2. The van der Waals surface area contributed by atoms with E-state index < -0.39 is 0 Å². The Hall–Kier alpha value is -1.98. The third-order valence-electron chi connectivity index (χ3n) is 7.56. The molecule has 0 spiro atoms. The van der Waals surface area contributed by atoms with Crippen LogP contribution in [0.3, 0.4) is 0 Å². The fourth-order valence-electron chi connectivity index (χ4n) is 5.55. The molecule has 1 nitrogen and oxygen atoms in total. The zero-order valence-corrected chi connectivity index (χ0v) is 21.4. The first-order valence-corrected chi connectivity index (χ1v) is 12.9. The van der Waals surface area contributed by atoms with Gasteiger partial charge in [-0.15, -0.1) is 0 Å². The van der Waals surface area contributed by atoms with Crippen LogP contribution in [-0.2, 0) is 26.0 Å². The van der Waals surface area contributed by atoms with E-state index in [1.807, 2.05) is 0 Å². The quantitative estimate of drug-likeness (QED) is 0.324. The van der Waals surface area contributed by atoms with E-state index in [9.17, 15) is 0 Å². The Balaban J connectivity index is 1.54. The van der Waals surface area contributed by atoms with Crippen LogP contribution in [0, 0.1) is 11.8 Å². The second-order valence-electron chi connectivity index (χ2n) is 10.2. The van der Waals surface area contributed by atoms with Crippen LogP contribution in [0.25, 0.3) is 0 Å². The van der Waals surface area contributed by atoms with Gasteiger partial charge in [-0.1, -0.05) is 0 Å². The summed E-state index contributed by atoms with van der Waals surface area (Å²) < 4.78 is 7.85. The van der Waals surface area contributed by atoms with Crippen molar-refractivity contribution in [2.45, 2.75) is 63.9 Å². The van der Waals surface area contributed by atoms with Crippen LogP contribution in [0.5, 0.6) is 0 Å². The van der Waals surface area contributed by atoms with Crippen molar-refractivity contribution >= 4 is 4.57 Å². The minimum atomic E-state index is 0.0740. The molecule has 0 aliphatic heterocycles. The van der Waals surface area contributed by atoms with Crippen molar-refractivity contribution in [1.29, 1.82) is 0 Å². The molecule has 0 aromatic heterocycles. The Labute approximate surface area is 208 Å². The molecule has 4 rings (SSSR count). The molecular formula is C31H36CrO. The topological polar surface area (TPSA) is 9.23 Å². The molecule has 3 aromatic rings. The van der Waals surface area contributed by atoms with E-state index in [0.717, 1.165) is 17.4 Å². The van der Waals surface area contributed by atoms with Gasteiger partial charge in [-0.2, -0.15) is 0 Å². The number of rotatable bonds is 8. The summed E-state index contributed by atoms with van der Waals surface area (Å²) >= 11 is 3.32. The van der Waals surface area contributed by atoms with Gasteiger partial charge >= 0.3 is 209 Å². The van der Waals surface area contributed by atoms with Crippen LogP contribution in [0.2, 0.25) is 0 Å². The molecule has 0 bridgehead atoms. The summed E-state index contributed by atoms with van der Waals surface area (Å²) in [6, 6.07) is 32.6. The molecule has 0 radical (unpaired) electrons. The molecule has 3 atom stereocenters. The fraction of sp³-hybridized carbons (Fsp3) is 0.387. The van der Waals surface area contributed by atoms with E-state index in [0.29, 0.717) is 11.8 Å². The molecule has 1 aliphatic rings. The van der Waals surface area contributed by atoms with Crippen molar-refractivity contribution in [3.63, 3.8) is 0 Å². The van der Waals surface area contributed by atoms with Gasteiger partial charge in [0.1, 0.15) is 0 Å². The van der Waals surface area contributed by atoms with Gasteiger partial charge in [-0.3, -0.25) is 0 Å². The van der Waals surface area contributed by atoms with E-state index in [4.69, 9.17) is 4.74 Å². The van der Waals surface area contributed by atoms with Crippen molar-refractivity contribution in [2.75, 3.05) is 0 Å². The molecule has 172 valence electrons. The van der Waals surface area contributed by atoms with Gasteiger partial charge in [0.15, 0.2) is 0 Å². The normalized spacial score (nSPS) is 21.2. The molecule has 0 heterocycles. The number of hydrogen-bond donors (Lipinski definition) is 0. The second kappa shape index (κ2) is 11.0. The molecule has 1 saturated carbocycles. The number of hydrogen-bond acceptors (Lipinski definition) is 1. The van der Waals surface area contributed by atoms with Crippen molar-refractivity contribution < 1.29 is 20.6 Å². The molecule has 2 heteroatoms. The zero-order valence-electron chi connectivity index (χ0n) is 20.1. The third kappa shape index (κ3) is 5.94. The molecule has 0 unspecified atom stereocenters. The van der Waals surface area contributed by atoms with Gasteiger partial charge < -0.3 is 0 Å². The number of ether oxygens (including phenoxy) is 1.